The number of aliphatic imine (C=N–C) groups is 1. The fourth-order valence-electron chi connectivity index (χ4n) is 4.64. The SMILES string of the molecule is CN=C(NCC1(C(=O)N(C)C)CCCC1)NC1CCN(c2cc(Cl)ccc2OC)C1. The van der Waals surface area contributed by atoms with Gasteiger partial charge in [-0.2, -0.15) is 0 Å². The van der Waals surface area contributed by atoms with Crippen molar-refractivity contribution in [3.8, 4) is 5.75 Å². The van der Waals surface area contributed by atoms with Crippen molar-refractivity contribution in [2.75, 3.05) is 52.8 Å². The van der Waals surface area contributed by atoms with E-state index in [0.717, 1.165) is 62.6 Å². The van der Waals surface area contributed by atoms with Crippen molar-refractivity contribution in [2.24, 2.45) is 10.4 Å². The van der Waals surface area contributed by atoms with Crippen LogP contribution in [0.1, 0.15) is 32.1 Å². The molecular weight excluding hydrogens is 402 g/mol. The Balaban J connectivity index is 1.59. The summed E-state index contributed by atoms with van der Waals surface area (Å²) >= 11 is 6.20. The Morgan fingerprint density at radius 2 is 2.10 bits per heavy atom. The summed E-state index contributed by atoms with van der Waals surface area (Å²) in [6, 6.07) is 5.95. The standard InChI is InChI=1S/C22H34ClN5O2/c1-24-21(25-15-22(10-5-6-11-22)20(29)27(2)3)26-17-9-12-28(14-17)18-13-16(23)7-8-19(18)30-4/h7-8,13,17H,5-6,9-12,14-15H2,1-4H3,(H2,24,25,26). The zero-order chi connectivity index (χ0) is 21.7. The normalized spacial score (nSPS) is 20.9. The number of carbonyl (C=O) groups excluding carboxylic acids is 1. The van der Waals surface area contributed by atoms with Gasteiger partial charge in [-0.05, 0) is 37.5 Å². The molecule has 1 aromatic carbocycles. The molecule has 1 saturated heterocycles. The summed E-state index contributed by atoms with van der Waals surface area (Å²) in [4.78, 5) is 21.2. The van der Waals surface area contributed by atoms with Crippen LogP contribution in [0, 0.1) is 5.41 Å². The lowest BCUT2D eigenvalue weighted by Gasteiger charge is -2.31. The summed E-state index contributed by atoms with van der Waals surface area (Å²) in [7, 11) is 7.13. The number of nitrogens with zero attached hydrogens (tertiary/aromatic N) is 3. The molecule has 0 bridgehead atoms. The van der Waals surface area contributed by atoms with Gasteiger partial charge in [-0.1, -0.05) is 24.4 Å². The summed E-state index contributed by atoms with van der Waals surface area (Å²) in [6.07, 6.45) is 5.05. The number of nitrogens with one attached hydrogen (secondary N) is 2. The summed E-state index contributed by atoms with van der Waals surface area (Å²) in [5.74, 6) is 1.79. The van der Waals surface area contributed by atoms with E-state index in [1.54, 1.807) is 19.1 Å². The maximum atomic E-state index is 12.8. The second kappa shape index (κ2) is 9.77. The van der Waals surface area contributed by atoms with Gasteiger partial charge in [-0.25, -0.2) is 0 Å². The van der Waals surface area contributed by atoms with Crippen LogP contribution in [-0.2, 0) is 4.79 Å². The highest BCUT2D eigenvalue weighted by Gasteiger charge is 2.42. The minimum Gasteiger partial charge on any atom is -0.495 e. The number of hydrogen-bond donors (Lipinski definition) is 2. The van der Waals surface area contributed by atoms with Crippen LogP contribution in [-0.4, -0.2) is 70.7 Å². The molecule has 0 aromatic heterocycles. The van der Waals surface area contributed by atoms with Crippen LogP contribution in [0.3, 0.4) is 0 Å². The van der Waals surface area contributed by atoms with Gasteiger partial charge in [-0.3, -0.25) is 9.79 Å². The zero-order valence-electron chi connectivity index (χ0n) is 18.5. The molecule has 30 heavy (non-hydrogen) atoms. The average Bonchev–Trinajstić information content (AvgIpc) is 3.40. The van der Waals surface area contributed by atoms with E-state index in [4.69, 9.17) is 16.3 Å². The number of benzene rings is 1. The van der Waals surface area contributed by atoms with E-state index in [9.17, 15) is 4.79 Å². The van der Waals surface area contributed by atoms with Gasteiger partial charge >= 0.3 is 0 Å². The number of amides is 1. The maximum absolute atomic E-state index is 12.8. The van der Waals surface area contributed by atoms with Crippen LogP contribution in [0.4, 0.5) is 5.69 Å². The zero-order valence-corrected chi connectivity index (χ0v) is 19.3. The van der Waals surface area contributed by atoms with Gasteiger partial charge in [0.15, 0.2) is 5.96 Å². The molecule has 1 aromatic rings. The third kappa shape index (κ3) is 4.94. The Bertz CT molecular complexity index is 777. The van der Waals surface area contributed by atoms with Crippen molar-refractivity contribution in [3.63, 3.8) is 0 Å². The molecule has 7 nitrogen and oxygen atoms in total. The number of guanidine groups is 1. The van der Waals surface area contributed by atoms with Crippen molar-refractivity contribution in [1.82, 2.24) is 15.5 Å². The lowest BCUT2D eigenvalue weighted by Crippen LogP contribution is -2.51. The molecule has 2 aliphatic rings. The highest BCUT2D eigenvalue weighted by Crippen LogP contribution is 2.39. The molecule has 1 aliphatic heterocycles. The highest BCUT2D eigenvalue weighted by molar-refractivity contribution is 6.30. The first kappa shape index (κ1) is 22.5. The molecule has 2 N–H and O–H groups in total. The number of carbonyl (C=O) groups is 1. The second-order valence-electron chi connectivity index (χ2n) is 8.50. The van der Waals surface area contributed by atoms with E-state index < -0.39 is 0 Å². The Morgan fingerprint density at radius 1 is 1.37 bits per heavy atom. The fraction of sp³-hybridized carbons (Fsp3) is 0.636. The molecule has 3 rings (SSSR count). The molecule has 1 atom stereocenters. The van der Waals surface area contributed by atoms with Gasteiger partial charge in [0.25, 0.3) is 0 Å². The van der Waals surface area contributed by atoms with Gasteiger partial charge in [0.05, 0.1) is 18.2 Å². The Hall–Kier alpha value is -2.15. The van der Waals surface area contributed by atoms with Gasteiger partial charge in [0.2, 0.25) is 5.91 Å². The first-order chi connectivity index (χ1) is 14.4. The quantitative estimate of drug-likeness (QED) is 0.531. The Morgan fingerprint density at radius 3 is 2.73 bits per heavy atom. The minimum absolute atomic E-state index is 0.211. The lowest BCUT2D eigenvalue weighted by molar-refractivity contribution is -0.138. The van der Waals surface area contributed by atoms with Crippen LogP contribution in [0.15, 0.2) is 23.2 Å². The smallest absolute Gasteiger partial charge is 0.230 e. The molecule has 8 heteroatoms. The highest BCUT2D eigenvalue weighted by atomic mass is 35.5. The third-order valence-corrected chi connectivity index (χ3v) is 6.48. The van der Waals surface area contributed by atoms with Crippen molar-refractivity contribution in [1.29, 1.82) is 0 Å². The number of methoxy groups -OCH3 is 1. The Kier molecular flexibility index (Phi) is 7.34. The molecule has 1 saturated carbocycles. The predicted octanol–water partition coefficient (Wildman–Crippen LogP) is 2.74. The summed E-state index contributed by atoms with van der Waals surface area (Å²) in [5, 5.41) is 7.65. The Labute approximate surface area is 184 Å². The van der Waals surface area contributed by atoms with Crippen LogP contribution >= 0.6 is 11.6 Å². The molecule has 0 radical (unpaired) electrons. The largest absolute Gasteiger partial charge is 0.495 e. The average molecular weight is 436 g/mol. The van der Waals surface area contributed by atoms with Crippen LogP contribution in [0.5, 0.6) is 5.75 Å². The molecule has 0 spiro atoms. The third-order valence-electron chi connectivity index (χ3n) is 6.25. The first-order valence-electron chi connectivity index (χ1n) is 10.7. The van der Waals surface area contributed by atoms with Crippen LogP contribution < -0.4 is 20.3 Å². The maximum Gasteiger partial charge on any atom is 0.230 e. The second-order valence-corrected chi connectivity index (χ2v) is 8.94. The van der Waals surface area contributed by atoms with Crippen LogP contribution in [0.2, 0.25) is 5.02 Å². The first-order valence-corrected chi connectivity index (χ1v) is 11.0. The van der Waals surface area contributed by atoms with Gasteiger partial charge in [0, 0.05) is 51.8 Å². The van der Waals surface area contributed by atoms with Crippen molar-refractivity contribution >= 4 is 29.2 Å². The van der Waals surface area contributed by atoms with E-state index in [1.165, 1.54) is 0 Å². The molecular formula is C22H34ClN5O2. The van der Waals surface area contributed by atoms with Crippen molar-refractivity contribution < 1.29 is 9.53 Å². The molecule has 1 aliphatic carbocycles. The van der Waals surface area contributed by atoms with E-state index in [1.807, 2.05) is 32.3 Å². The van der Waals surface area contributed by atoms with E-state index in [2.05, 4.69) is 20.5 Å². The van der Waals surface area contributed by atoms with Gasteiger partial charge < -0.3 is 25.2 Å². The predicted molar refractivity (Wildman–Crippen MR) is 123 cm³/mol. The van der Waals surface area contributed by atoms with E-state index in [0.29, 0.717) is 11.6 Å². The van der Waals surface area contributed by atoms with Crippen molar-refractivity contribution in [2.45, 2.75) is 38.1 Å². The topological polar surface area (TPSA) is 69.2 Å². The number of halogens is 1. The van der Waals surface area contributed by atoms with Gasteiger partial charge in [-0.15, -0.1) is 0 Å². The molecule has 166 valence electrons. The number of hydrogen-bond acceptors (Lipinski definition) is 4. The number of rotatable bonds is 6. The summed E-state index contributed by atoms with van der Waals surface area (Å²) in [6.45, 7) is 2.36. The molecule has 2 fully saturated rings. The fourth-order valence-corrected chi connectivity index (χ4v) is 4.81. The van der Waals surface area contributed by atoms with Crippen molar-refractivity contribution in [3.05, 3.63) is 23.2 Å². The van der Waals surface area contributed by atoms with Crippen LogP contribution in [0.25, 0.3) is 0 Å². The molecule has 1 amide bonds. The van der Waals surface area contributed by atoms with E-state index >= 15 is 0 Å². The number of ether oxygens (including phenoxy) is 1. The van der Waals surface area contributed by atoms with Gasteiger partial charge in [0.1, 0.15) is 5.75 Å². The molecule has 1 unspecified atom stereocenters. The number of anilines is 1. The summed E-state index contributed by atoms with van der Waals surface area (Å²) < 4.78 is 5.51. The summed E-state index contributed by atoms with van der Waals surface area (Å²) in [5.41, 5.74) is 0.690. The van der Waals surface area contributed by atoms with E-state index in [-0.39, 0.29) is 17.4 Å². The monoisotopic (exact) mass is 435 g/mol. The lowest BCUT2D eigenvalue weighted by atomic mass is 9.84. The minimum atomic E-state index is -0.322. The molecule has 1 heterocycles.